The molecule has 0 aliphatic carbocycles. The fourth-order valence-corrected chi connectivity index (χ4v) is 3.03. The summed E-state index contributed by atoms with van der Waals surface area (Å²) >= 11 is 3.96. The number of halogens is 3. The minimum absolute atomic E-state index is 0.0136. The summed E-state index contributed by atoms with van der Waals surface area (Å²) in [6, 6.07) is 5.05. The molecule has 1 aromatic heterocycles. The summed E-state index contributed by atoms with van der Waals surface area (Å²) in [6.07, 6.45) is 0.0136. The zero-order chi connectivity index (χ0) is 15.6. The molecule has 0 aliphatic rings. The number of thiophene rings is 1. The van der Waals surface area contributed by atoms with E-state index in [0.717, 1.165) is 23.5 Å². The Morgan fingerprint density at radius 3 is 2.43 bits per heavy atom. The maximum absolute atomic E-state index is 13.8. The number of benzene rings is 1. The molecule has 3 nitrogen and oxygen atoms in total. The van der Waals surface area contributed by atoms with Crippen molar-refractivity contribution in [2.24, 2.45) is 0 Å². The van der Waals surface area contributed by atoms with E-state index in [1.807, 2.05) is 0 Å². The molecule has 0 saturated carbocycles. The Kier molecular flexibility index (Phi) is 4.84. The van der Waals surface area contributed by atoms with Crippen LogP contribution >= 0.6 is 27.3 Å². The van der Waals surface area contributed by atoms with Crippen LogP contribution in [0.2, 0.25) is 0 Å². The van der Waals surface area contributed by atoms with Crippen LogP contribution in [-0.2, 0) is 16.0 Å². The lowest BCUT2D eigenvalue weighted by atomic mass is 10.1. The second kappa shape index (κ2) is 6.44. The molecule has 0 unspecified atom stereocenters. The van der Waals surface area contributed by atoms with E-state index >= 15 is 0 Å². The van der Waals surface area contributed by atoms with Gasteiger partial charge in [0.15, 0.2) is 0 Å². The van der Waals surface area contributed by atoms with Crippen molar-refractivity contribution in [3.05, 3.63) is 55.7 Å². The van der Waals surface area contributed by atoms with Crippen LogP contribution in [0.3, 0.4) is 0 Å². The van der Waals surface area contributed by atoms with Crippen molar-refractivity contribution in [1.29, 1.82) is 0 Å². The first-order valence-electron chi connectivity index (χ1n) is 5.77. The van der Waals surface area contributed by atoms with E-state index < -0.39 is 29.0 Å². The molecule has 7 heteroatoms. The van der Waals surface area contributed by atoms with Gasteiger partial charge in [-0.1, -0.05) is 15.9 Å². The number of rotatable bonds is 4. The molecule has 0 N–H and O–H groups in total. The van der Waals surface area contributed by atoms with Gasteiger partial charge in [-0.25, -0.2) is 8.78 Å². The van der Waals surface area contributed by atoms with E-state index in [-0.39, 0.29) is 15.8 Å². The van der Waals surface area contributed by atoms with E-state index in [1.54, 1.807) is 6.07 Å². The lowest BCUT2D eigenvalue weighted by Gasteiger charge is -2.03. The Hall–Kier alpha value is -1.60. The monoisotopic (exact) mass is 374 g/mol. The minimum atomic E-state index is -0.935. The van der Waals surface area contributed by atoms with Crippen LogP contribution in [0.4, 0.5) is 8.78 Å². The van der Waals surface area contributed by atoms with Crippen molar-refractivity contribution in [2.75, 3.05) is 7.11 Å². The van der Waals surface area contributed by atoms with Gasteiger partial charge >= 0.3 is 5.97 Å². The van der Waals surface area contributed by atoms with E-state index in [9.17, 15) is 18.4 Å². The van der Waals surface area contributed by atoms with Crippen molar-refractivity contribution in [3.8, 4) is 0 Å². The maximum atomic E-state index is 13.8. The van der Waals surface area contributed by atoms with E-state index in [2.05, 4.69) is 20.7 Å². The lowest BCUT2D eigenvalue weighted by Crippen LogP contribution is -2.06. The molecule has 0 aliphatic heterocycles. The zero-order valence-electron chi connectivity index (χ0n) is 10.8. The Bertz CT molecular complexity index is 689. The molecule has 0 saturated heterocycles. The van der Waals surface area contributed by atoms with Gasteiger partial charge in [0, 0.05) is 9.35 Å². The number of ether oxygens (including phenoxy) is 1. The largest absolute Gasteiger partial charge is 0.469 e. The molecule has 1 heterocycles. The average molecular weight is 375 g/mol. The molecule has 21 heavy (non-hydrogen) atoms. The summed E-state index contributed by atoms with van der Waals surface area (Å²) in [5, 5.41) is 0. The molecule has 110 valence electrons. The molecule has 0 radical (unpaired) electrons. The number of hydrogen-bond acceptors (Lipinski definition) is 4. The maximum Gasteiger partial charge on any atom is 0.310 e. The first-order chi connectivity index (χ1) is 9.92. The van der Waals surface area contributed by atoms with Crippen molar-refractivity contribution in [3.63, 3.8) is 0 Å². The van der Waals surface area contributed by atoms with Gasteiger partial charge in [-0.05, 0) is 24.3 Å². The molecule has 0 amide bonds. The van der Waals surface area contributed by atoms with Crippen molar-refractivity contribution >= 4 is 39.0 Å². The van der Waals surface area contributed by atoms with Crippen molar-refractivity contribution in [2.45, 2.75) is 6.42 Å². The molecule has 0 fully saturated rings. The van der Waals surface area contributed by atoms with Gasteiger partial charge in [-0.15, -0.1) is 11.3 Å². The zero-order valence-corrected chi connectivity index (χ0v) is 13.2. The summed E-state index contributed by atoms with van der Waals surface area (Å²) in [5.41, 5.74) is -0.607. The SMILES string of the molecule is COC(=O)Cc1ccc(C(=O)c2c(F)cc(Br)cc2F)s1. The number of hydrogen-bond donors (Lipinski definition) is 0. The summed E-state index contributed by atoms with van der Waals surface area (Å²) in [4.78, 5) is 24.1. The van der Waals surface area contributed by atoms with Crippen LogP contribution < -0.4 is 0 Å². The predicted octanol–water partition coefficient (Wildman–Crippen LogP) is 3.74. The van der Waals surface area contributed by atoms with E-state index in [4.69, 9.17) is 0 Å². The Morgan fingerprint density at radius 2 is 1.86 bits per heavy atom. The van der Waals surface area contributed by atoms with Gasteiger partial charge in [-0.3, -0.25) is 9.59 Å². The van der Waals surface area contributed by atoms with Crippen LogP contribution in [0.25, 0.3) is 0 Å². The number of methoxy groups -OCH3 is 1. The standard InChI is InChI=1S/C14H9BrF2O3S/c1-20-12(18)6-8-2-3-11(21-8)14(19)13-9(16)4-7(15)5-10(13)17/h2-5H,6H2,1H3. The molecule has 2 aromatic rings. The highest BCUT2D eigenvalue weighted by Crippen LogP contribution is 2.25. The van der Waals surface area contributed by atoms with Crippen molar-refractivity contribution < 1.29 is 23.1 Å². The minimum Gasteiger partial charge on any atom is -0.469 e. The first kappa shape index (κ1) is 15.8. The highest BCUT2D eigenvalue weighted by Gasteiger charge is 2.21. The van der Waals surface area contributed by atoms with Gasteiger partial charge in [0.05, 0.1) is 24.0 Å². The van der Waals surface area contributed by atoms with Gasteiger partial charge in [-0.2, -0.15) is 0 Å². The fourth-order valence-electron chi connectivity index (χ4n) is 1.69. The van der Waals surface area contributed by atoms with E-state index in [0.29, 0.717) is 4.88 Å². The molecule has 0 bridgehead atoms. The third-order valence-electron chi connectivity index (χ3n) is 2.67. The molecular weight excluding hydrogens is 366 g/mol. The fraction of sp³-hybridized carbons (Fsp3) is 0.143. The average Bonchev–Trinajstić information content (AvgIpc) is 2.85. The molecular formula is C14H9BrF2O3S. The lowest BCUT2D eigenvalue weighted by molar-refractivity contribution is -0.139. The topological polar surface area (TPSA) is 43.4 Å². The summed E-state index contributed by atoms with van der Waals surface area (Å²) in [6.45, 7) is 0. The number of esters is 1. The Balaban J connectivity index is 2.31. The smallest absolute Gasteiger partial charge is 0.310 e. The predicted molar refractivity (Wildman–Crippen MR) is 77.5 cm³/mol. The second-order valence-electron chi connectivity index (χ2n) is 4.09. The van der Waals surface area contributed by atoms with Crippen LogP contribution in [0.5, 0.6) is 0 Å². The number of carbonyl (C=O) groups excluding carboxylic acids is 2. The first-order valence-corrected chi connectivity index (χ1v) is 7.38. The van der Waals surface area contributed by atoms with E-state index in [1.165, 1.54) is 13.2 Å². The van der Waals surface area contributed by atoms with Crippen LogP contribution in [-0.4, -0.2) is 18.9 Å². The molecule has 2 rings (SSSR count). The van der Waals surface area contributed by atoms with Gasteiger partial charge in [0.1, 0.15) is 11.6 Å². The van der Waals surface area contributed by atoms with Crippen molar-refractivity contribution in [1.82, 2.24) is 0 Å². The Labute approximate surface area is 131 Å². The van der Waals surface area contributed by atoms with Gasteiger partial charge in [0.2, 0.25) is 5.78 Å². The second-order valence-corrected chi connectivity index (χ2v) is 6.18. The normalized spacial score (nSPS) is 10.5. The molecule has 0 atom stereocenters. The quantitative estimate of drug-likeness (QED) is 0.604. The third kappa shape index (κ3) is 3.54. The summed E-state index contributed by atoms with van der Waals surface area (Å²) in [7, 11) is 1.26. The van der Waals surface area contributed by atoms with Crippen LogP contribution in [0.1, 0.15) is 20.1 Å². The third-order valence-corrected chi connectivity index (χ3v) is 4.21. The highest BCUT2D eigenvalue weighted by atomic mass is 79.9. The number of carbonyl (C=O) groups is 2. The molecule has 0 spiro atoms. The Morgan fingerprint density at radius 1 is 1.24 bits per heavy atom. The highest BCUT2D eigenvalue weighted by molar-refractivity contribution is 9.10. The number of ketones is 1. The van der Waals surface area contributed by atoms with Gasteiger partial charge in [0.25, 0.3) is 0 Å². The molecule has 1 aromatic carbocycles. The summed E-state index contributed by atoms with van der Waals surface area (Å²) < 4.78 is 32.2. The van der Waals surface area contributed by atoms with Crippen LogP contribution in [0.15, 0.2) is 28.7 Å². The van der Waals surface area contributed by atoms with Crippen LogP contribution in [0, 0.1) is 11.6 Å². The van der Waals surface area contributed by atoms with Gasteiger partial charge < -0.3 is 4.74 Å². The summed E-state index contributed by atoms with van der Waals surface area (Å²) in [5.74, 6) is -3.07.